The molecule has 0 radical (unpaired) electrons. The average Bonchev–Trinajstić information content (AvgIpc) is 2.75. The van der Waals surface area contributed by atoms with Crippen LogP contribution >= 0.6 is 12.2 Å². The topological polar surface area (TPSA) is 38.2 Å². The van der Waals surface area contributed by atoms with Crippen LogP contribution in [-0.2, 0) is 12.8 Å². The Balaban J connectivity index is 1.45. The van der Waals surface area contributed by atoms with Gasteiger partial charge in [-0.25, -0.2) is 9.97 Å². The molecule has 0 spiro atoms. The molecule has 1 heterocycles. The molecule has 4 rings (SSSR count). The van der Waals surface area contributed by atoms with E-state index in [0.717, 1.165) is 40.0 Å². The van der Waals surface area contributed by atoms with Crippen molar-refractivity contribution in [1.29, 1.82) is 0 Å². The Morgan fingerprint density at radius 2 is 1.57 bits per heavy atom. The standard InChI is InChI=1S/C25H23N3OS/c1-28(2)20-10-13-23-24(16-20)26-17-27-25(23)29-21-11-8-19(9-12-21)15-22(30)14-18-6-4-3-5-7-18/h3-13,16-17H,14-15H2,1-2H3. The van der Waals surface area contributed by atoms with Crippen LogP contribution in [0.3, 0.4) is 0 Å². The lowest BCUT2D eigenvalue weighted by atomic mass is 10.0. The van der Waals surface area contributed by atoms with Gasteiger partial charge in [0.05, 0.1) is 10.9 Å². The van der Waals surface area contributed by atoms with Crippen molar-refractivity contribution in [3.8, 4) is 11.6 Å². The van der Waals surface area contributed by atoms with Crippen molar-refractivity contribution in [1.82, 2.24) is 9.97 Å². The van der Waals surface area contributed by atoms with E-state index in [1.807, 2.05) is 67.5 Å². The van der Waals surface area contributed by atoms with Crippen LogP contribution in [0.4, 0.5) is 5.69 Å². The number of aromatic nitrogens is 2. The summed E-state index contributed by atoms with van der Waals surface area (Å²) in [5.41, 5.74) is 4.36. The quantitative estimate of drug-likeness (QED) is 0.366. The first-order valence-corrected chi connectivity index (χ1v) is 10.2. The highest BCUT2D eigenvalue weighted by Crippen LogP contribution is 2.29. The Morgan fingerprint density at radius 3 is 2.27 bits per heavy atom. The Hall–Kier alpha value is -3.31. The van der Waals surface area contributed by atoms with Crippen molar-refractivity contribution < 1.29 is 4.74 Å². The molecule has 30 heavy (non-hydrogen) atoms. The molecule has 0 saturated carbocycles. The van der Waals surface area contributed by atoms with Gasteiger partial charge in [-0.3, -0.25) is 0 Å². The molecule has 5 heteroatoms. The fraction of sp³-hybridized carbons (Fsp3) is 0.160. The predicted molar refractivity (Wildman–Crippen MR) is 127 cm³/mol. The molecule has 4 nitrogen and oxygen atoms in total. The summed E-state index contributed by atoms with van der Waals surface area (Å²) in [4.78, 5) is 11.8. The fourth-order valence-electron chi connectivity index (χ4n) is 3.28. The minimum atomic E-state index is 0.553. The molecule has 0 N–H and O–H groups in total. The van der Waals surface area contributed by atoms with Crippen molar-refractivity contribution in [3.05, 3.63) is 90.3 Å². The van der Waals surface area contributed by atoms with Crippen molar-refractivity contribution in [2.75, 3.05) is 19.0 Å². The third-order valence-electron chi connectivity index (χ3n) is 4.88. The molecule has 3 aromatic carbocycles. The number of benzene rings is 3. The van der Waals surface area contributed by atoms with Crippen LogP contribution in [0, 0.1) is 0 Å². The maximum atomic E-state index is 6.05. The van der Waals surface area contributed by atoms with Gasteiger partial charge in [-0.2, -0.15) is 0 Å². The fourth-order valence-corrected chi connectivity index (χ4v) is 3.61. The normalized spacial score (nSPS) is 10.7. The summed E-state index contributed by atoms with van der Waals surface area (Å²) < 4.78 is 6.05. The van der Waals surface area contributed by atoms with Gasteiger partial charge >= 0.3 is 0 Å². The van der Waals surface area contributed by atoms with Crippen LogP contribution in [-0.4, -0.2) is 28.9 Å². The summed E-state index contributed by atoms with van der Waals surface area (Å²) in [5.74, 6) is 1.29. The molecule has 0 atom stereocenters. The van der Waals surface area contributed by atoms with E-state index in [4.69, 9.17) is 17.0 Å². The molecule has 1 aromatic heterocycles. The van der Waals surface area contributed by atoms with Crippen molar-refractivity contribution in [3.63, 3.8) is 0 Å². The van der Waals surface area contributed by atoms with Gasteiger partial charge in [-0.05, 0) is 41.5 Å². The van der Waals surface area contributed by atoms with Gasteiger partial charge in [0.25, 0.3) is 0 Å². The molecule has 0 aliphatic rings. The lowest BCUT2D eigenvalue weighted by molar-refractivity contribution is 0.468. The number of fused-ring (bicyclic) bond motifs is 1. The summed E-state index contributed by atoms with van der Waals surface area (Å²) >= 11 is 5.59. The van der Waals surface area contributed by atoms with Gasteiger partial charge in [0.2, 0.25) is 5.88 Å². The number of ether oxygens (including phenoxy) is 1. The second kappa shape index (κ2) is 9.01. The van der Waals surface area contributed by atoms with E-state index in [1.165, 1.54) is 17.5 Å². The zero-order chi connectivity index (χ0) is 20.9. The maximum absolute atomic E-state index is 6.05. The van der Waals surface area contributed by atoms with E-state index < -0.39 is 0 Å². The Labute approximate surface area is 182 Å². The molecule has 0 aliphatic heterocycles. The monoisotopic (exact) mass is 413 g/mol. The molecular weight excluding hydrogens is 390 g/mol. The molecule has 0 aliphatic carbocycles. The van der Waals surface area contributed by atoms with Crippen LogP contribution in [0.25, 0.3) is 10.9 Å². The minimum Gasteiger partial charge on any atom is -0.438 e. The molecule has 0 unspecified atom stereocenters. The van der Waals surface area contributed by atoms with Crippen molar-refractivity contribution >= 4 is 33.7 Å². The molecule has 0 saturated heterocycles. The predicted octanol–water partition coefficient (Wildman–Crippen LogP) is 5.64. The van der Waals surface area contributed by atoms with E-state index in [2.05, 4.69) is 34.2 Å². The van der Waals surface area contributed by atoms with E-state index in [9.17, 15) is 0 Å². The number of nitrogens with zero attached hydrogens (tertiary/aromatic N) is 3. The number of rotatable bonds is 7. The van der Waals surface area contributed by atoms with Crippen LogP contribution in [0.5, 0.6) is 11.6 Å². The van der Waals surface area contributed by atoms with Crippen molar-refractivity contribution in [2.24, 2.45) is 0 Å². The first kappa shape index (κ1) is 20.0. The highest BCUT2D eigenvalue weighted by atomic mass is 32.1. The van der Waals surface area contributed by atoms with E-state index in [0.29, 0.717) is 5.88 Å². The van der Waals surface area contributed by atoms with Gasteiger partial charge in [0.1, 0.15) is 12.1 Å². The van der Waals surface area contributed by atoms with Crippen molar-refractivity contribution in [2.45, 2.75) is 12.8 Å². The van der Waals surface area contributed by atoms with Gasteiger partial charge in [0, 0.05) is 37.5 Å². The molecular formula is C25H23N3OS. The molecule has 0 fully saturated rings. The second-order valence-corrected chi connectivity index (χ2v) is 7.98. The summed E-state index contributed by atoms with van der Waals surface area (Å²) in [6, 6.07) is 24.4. The van der Waals surface area contributed by atoms with E-state index in [1.54, 1.807) is 0 Å². The number of hydrogen-bond acceptors (Lipinski definition) is 5. The Bertz CT molecular complexity index is 1160. The van der Waals surface area contributed by atoms with Gasteiger partial charge in [-0.15, -0.1) is 0 Å². The van der Waals surface area contributed by atoms with Gasteiger partial charge < -0.3 is 9.64 Å². The zero-order valence-electron chi connectivity index (χ0n) is 17.1. The number of anilines is 1. The lowest BCUT2D eigenvalue weighted by Gasteiger charge is -2.13. The zero-order valence-corrected chi connectivity index (χ0v) is 17.9. The largest absolute Gasteiger partial charge is 0.438 e. The SMILES string of the molecule is CN(C)c1ccc2c(Oc3ccc(CC(=S)Cc4ccccc4)cc3)ncnc2c1. The Morgan fingerprint density at radius 1 is 0.867 bits per heavy atom. The Kier molecular flexibility index (Phi) is 6.00. The van der Waals surface area contributed by atoms with Gasteiger partial charge in [-0.1, -0.05) is 54.7 Å². The molecule has 0 amide bonds. The highest BCUT2D eigenvalue weighted by Gasteiger charge is 2.08. The lowest BCUT2D eigenvalue weighted by Crippen LogP contribution is -2.08. The first-order valence-electron chi connectivity index (χ1n) is 9.83. The van der Waals surface area contributed by atoms with E-state index in [-0.39, 0.29) is 0 Å². The van der Waals surface area contributed by atoms with Crippen LogP contribution in [0.2, 0.25) is 0 Å². The molecule has 150 valence electrons. The van der Waals surface area contributed by atoms with Crippen LogP contribution < -0.4 is 9.64 Å². The second-order valence-electron chi connectivity index (χ2n) is 7.40. The summed E-state index contributed by atoms with van der Waals surface area (Å²) in [5, 5.41) is 0.885. The maximum Gasteiger partial charge on any atom is 0.230 e. The smallest absolute Gasteiger partial charge is 0.230 e. The summed E-state index contributed by atoms with van der Waals surface area (Å²) in [6.45, 7) is 0. The summed E-state index contributed by atoms with van der Waals surface area (Å²) in [6.07, 6.45) is 3.12. The highest BCUT2D eigenvalue weighted by molar-refractivity contribution is 7.80. The van der Waals surface area contributed by atoms with Crippen LogP contribution in [0.1, 0.15) is 11.1 Å². The van der Waals surface area contributed by atoms with Gasteiger partial charge in [0.15, 0.2) is 0 Å². The minimum absolute atomic E-state index is 0.553. The third-order valence-corrected chi connectivity index (χ3v) is 5.17. The molecule has 0 bridgehead atoms. The average molecular weight is 414 g/mol. The van der Waals surface area contributed by atoms with Crippen LogP contribution in [0.15, 0.2) is 79.1 Å². The third kappa shape index (κ3) is 4.81. The number of thiocarbonyl (C=S) groups is 1. The molecule has 4 aromatic rings. The first-order chi connectivity index (χ1) is 14.6. The summed E-state index contributed by atoms with van der Waals surface area (Å²) in [7, 11) is 4.01. The van der Waals surface area contributed by atoms with E-state index >= 15 is 0 Å². The number of hydrogen-bond donors (Lipinski definition) is 0.